The molecule has 1 aromatic carbocycles. The Morgan fingerprint density at radius 2 is 2.06 bits per heavy atom. The van der Waals surface area contributed by atoms with E-state index in [2.05, 4.69) is 4.84 Å². The highest BCUT2D eigenvalue weighted by molar-refractivity contribution is 6.14. The maximum atomic E-state index is 11.9. The van der Waals surface area contributed by atoms with Crippen molar-refractivity contribution in [1.82, 2.24) is 0 Å². The van der Waals surface area contributed by atoms with E-state index in [9.17, 15) is 9.59 Å². The summed E-state index contributed by atoms with van der Waals surface area (Å²) < 4.78 is 0. The van der Waals surface area contributed by atoms with Crippen molar-refractivity contribution in [2.45, 2.75) is 26.2 Å². The molecule has 2 atom stereocenters. The molecule has 4 nitrogen and oxygen atoms in total. The molecule has 0 aliphatic heterocycles. The summed E-state index contributed by atoms with van der Waals surface area (Å²) in [4.78, 5) is 28.4. The van der Waals surface area contributed by atoms with Gasteiger partial charge in [-0.3, -0.25) is 9.59 Å². The van der Waals surface area contributed by atoms with Crippen LogP contribution in [-0.2, 0) is 9.59 Å². The van der Waals surface area contributed by atoms with E-state index in [1.165, 1.54) is 0 Å². The minimum atomic E-state index is -0.600. The molecule has 2 rings (SSSR count). The Kier molecular flexibility index (Phi) is 2.98. The molecule has 1 aromatic rings. The second-order valence-corrected chi connectivity index (χ2v) is 4.54. The molecule has 90 valence electrons. The highest BCUT2D eigenvalue weighted by Crippen LogP contribution is 2.34. The largest absolute Gasteiger partial charge is 0.412 e. The number of nitrogens with two attached hydrogens (primary N) is 1. The van der Waals surface area contributed by atoms with Gasteiger partial charge in [0.05, 0.1) is 0 Å². The Bertz CT molecular complexity index is 482. The van der Waals surface area contributed by atoms with Gasteiger partial charge in [-0.1, -0.05) is 13.0 Å². The lowest BCUT2D eigenvalue weighted by Gasteiger charge is -2.12. The number of rotatable bonds is 2. The van der Waals surface area contributed by atoms with Gasteiger partial charge >= 0.3 is 0 Å². The Hall–Kier alpha value is -1.68. The van der Waals surface area contributed by atoms with Crippen molar-refractivity contribution in [3.8, 4) is 5.75 Å². The second-order valence-electron chi connectivity index (χ2n) is 4.54. The minimum absolute atomic E-state index is 0.00650. The molecule has 0 aromatic heterocycles. The van der Waals surface area contributed by atoms with Crippen LogP contribution in [0.1, 0.15) is 30.4 Å². The molecule has 1 aliphatic carbocycles. The summed E-state index contributed by atoms with van der Waals surface area (Å²) in [6.07, 6.45) is 0.345. The zero-order chi connectivity index (χ0) is 12.6. The van der Waals surface area contributed by atoms with E-state index in [1.54, 1.807) is 25.1 Å². The number of hydrogen-bond donors (Lipinski definition) is 1. The topological polar surface area (TPSA) is 69.4 Å². The van der Waals surface area contributed by atoms with Gasteiger partial charge in [0, 0.05) is 12.3 Å². The third-order valence-electron chi connectivity index (χ3n) is 3.29. The highest BCUT2D eigenvalue weighted by Gasteiger charge is 2.40. The van der Waals surface area contributed by atoms with E-state index in [0.717, 1.165) is 11.1 Å². The molecule has 4 heteroatoms. The molecular formula is C13H15NO3. The van der Waals surface area contributed by atoms with Crippen LogP contribution in [0, 0.1) is 12.8 Å². The van der Waals surface area contributed by atoms with Gasteiger partial charge in [-0.05, 0) is 30.2 Å². The second kappa shape index (κ2) is 4.30. The predicted octanol–water partition coefficient (Wildman–Crippen LogP) is 1.51. The number of carbonyl (C=O) groups excluding carboxylic acids is 2. The van der Waals surface area contributed by atoms with Crippen LogP contribution in [0.5, 0.6) is 5.75 Å². The predicted molar refractivity (Wildman–Crippen MR) is 62.5 cm³/mol. The molecule has 0 amide bonds. The van der Waals surface area contributed by atoms with E-state index in [-0.39, 0.29) is 17.5 Å². The summed E-state index contributed by atoms with van der Waals surface area (Å²) in [5.41, 5.74) is 1.62. The lowest BCUT2D eigenvalue weighted by atomic mass is 9.91. The third-order valence-corrected chi connectivity index (χ3v) is 3.29. The summed E-state index contributed by atoms with van der Waals surface area (Å²) in [6.45, 7) is 3.65. The summed E-state index contributed by atoms with van der Waals surface area (Å²) >= 11 is 0. The van der Waals surface area contributed by atoms with Gasteiger partial charge in [0.25, 0.3) is 0 Å². The monoisotopic (exact) mass is 233 g/mol. The molecular weight excluding hydrogens is 218 g/mol. The molecule has 0 saturated heterocycles. The van der Waals surface area contributed by atoms with Crippen molar-refractivity contribution >= 4 is 11.6 Å². The first-order valence-corrected chi connectivity index (χ1v) is 5.58. The molecule has 2 unspecified atom stereocenters. The number of ketones is 2. The van der Waals surface area contributed by atoms with Crippen LogP contribution in [0.25, 0.3) is 0 Å². The summed E-state index contributed by atoms with van der Waals surface area (Å²) in [7, 11) is 0. The standard InChI is InChI=1S/C13H15NO3/c1-7-5-9(17-14)3-4-10(7)12-11(15)6-8(2)13(12)16/h3-5,8,12H,6,14H2,1-2H3. The van der Waals surface area contributed by atoms with Gasteiger partial charge < -0.3 is 4.84 Å². The average Bonchev–Trinajstić information content (AvgIpc) is 2.54. The minimum Gasteiger partial charge on any atom is -0.412 e. The Morgan fingerprint density at radius 3 is 2.53 bits per heavy atom. The highest BCUT2D eigenvalue weighted by atomic mass is 16.6. The van der Waals surface area contributed by atoms with Gasteiger partial charge in [0.15, 0.2) is 5.78 Å². The summed E-state index contributed by atoms with van der Waals surface area (Å²) in [5.74, 6) is 4.84. The average molecular weight is 233 g/mol. The molecule has 2 N–H and O–H groups in total. The van der Waals surface area contributed by atoms with Crippen LogP contribution in [0.2, 0.25) is 0 Å². The Balaban J connectivity index is 2.41. The van der Waals surface area contributed by atoms with Crippen LogP contribution in [-0.4, -0.2) is 11.6 Å². The van der Waals surface area contributed by atoms with Crippen molar-refractivity contribution in [3.05, 3.63) is 29.3 Å². The number of hydrogen-bond acceptors (Lipinski definition) is 4. The number of benzene rings is 1. The van der Waals surface area contributed by atoms with Crippen molar-refractivity contribution in [2.24, 2.45) is 11.8 Å². The fourth-order valence-corrected chi connectivity index (χ4v) is 2.34. The normalized spacial score (nSPS) is 24.2. The van der Waals surface area contributed by atoms with Crippen molar-refractivity contribution < 1.29 is 14.4 Å². The van der Waals surface area contributed by atoms with Crippen LogP contribution in [0.3, 0.4) is 0 Å². The lowest BCUT2D eigenvalue weighted by Crippen LogP contribution is -2.15. The zero-order valence-corrected chi connectivity index (χ0v) is 9.90. The van der Waals surface area contributed by atoms with Crippen LogP contribution < -0.4 is 10.7 Å². The Labute approximate surface area is 99.7 Å². The summed E-state index contributed by atoms with van der Waals surface area (Å²) in [5, 5.41) is 0. The van der Waals surface area contributed by atoms with Gasteiger partial charge in [0.2, 0.25) is 0 Å². The quantitative estimate of drug-likeness (QED) is 0.621. The van der Waals surface area contributed by atoms with Gasteiger partial charge in [-0.25, -0.2) is 0 Å². The Morgan fingerprint density at radius 1 is 1.35 bits per heavy atom. The fraction of sp³-hybridized carbons (Fsp3) is 0.385. The first-order valence-electron chi connectivity index (χ1n) is 5.58. The van der Waals surface area contributed by atoms with E-state index in [1.807, 2.05) is 6.92 Å². The number of aryl methyl sites for hydroxylation is 1. The van der Waals surface area contributed by atoms with Gasteiger partial charge in [0.1, 0.15) is 17.5 Å². The smallest absolute Gasteiger partial charge is 0.150 e. The van der Waals surface area contributed by atoms with E-state index >= 15 is 0 Å². The maximum absolute atomic E-state index is 11.9. The van der Waals surface area contributed by atoms with E-state index in [0.29, 0.717) is 12.2 Å². The van der Waals surface area contributed by atoms with Crippen molar-refractivity contribution in [2.75, 3.05) is 0 Å². The lowest BCUT2D eigenvalue weighted by molar-refractivity contribution is -0.124. The third kappa shape index (κ3) is 1.96. The molecule has 1 saturated carbocycles. The SMILES string of the molecule is Cc1cc(ON)ccc1C1C(=O)CC(C)C1=O. The van der Waals surface area contributed by atoms with Gasteiger partial charge in [-0.2, -0.15) is 5.90 Å². The molecule has 0 radical (unpaired) electrons. The zero-order valence-electron chi connectivity index (χ0n) is 9.90. The summed E-state index contributed by atoms with van der Waals surface area (Å²) in [6, 6.07) is 5.15. The maximum Gasteiger partial charge on any atom is 0.150 e. The molecule has 0 bridgehead atoms. The van der Waals surface area contributed by atoms with Crippen LogP contribution >= 0.6 is 0 Å². The molecule has 1 aliphatic rings. The van der Waals surface area contributed by atoms with Crippen LogP contribution in [0.4, 0.5) is 0 Å². The molecule has 1 fully saturated rings. The van der Waals surface area contributed by atoms with E-state index in [4.69, 9.17) is 5.90 Å². The molecule has 0 heterocycles. The number of Topliss-reactive ketones (excluding diaryl/α,β-unsaturated/α-hetero) is 2. The molecule has 0 spiro atoms. The van der Waals surface area contributed by atoms with Gasteiger partial charge in [-0.15, -0.1) is 0 Å². The van der Waals surface area contributed by atoms with Crippen LogP contribution in [0.15, 0.2) is 18.2 Å². The number of carbonyl (C=O) groups is 2. The fourth-order valence-electron chi connectivity index (χ4n) is 2.34. The molecule has 17 heavy (non-hydrogen) atoms. The van der Waals surface area contributed by atoms with E-state index < -0.39 is 5.92 Å². The van der Waals surface area contributed by atoms with Crippen molar-refractivity contribution in [1.29, 1.82) is 0 Å². The van der Waals surface area contributed by atoms with Crippen molar-refractivity contribution in [3.63, 3.8) is 0 Å². The first kappa shape index (κ1) is 11.8. The first-order chi connectivity index (χ1) is 8.04.